The quantitative estimate of drug-likeness (QED) is 0.422. The van der Waals surface area contributed by atoms with Crippen molar-refractivity contribution in [3.63, 3.8) is 0 Å². The number of hydrazone groups is 1. The minimum absolute atomic E-state index is 0.995. The average molecular weight is 108 g/mol. The second kappa shape index (κ2) is 1.85. The predicted octanol–water partition coefficient (Wildman–Crippen LogP) is 0.976. The van der Waals surface area contributed by atoms with Crippen LogP contribution in [-0.2, 0) is 0 Å². The lowest BCUT2D eigenvalue weighted by molar-refractivity contribution is 0.489. The number of rotatable bonds is 0. The molecular weight excluding hydrogens is 100 g/mol. The van der Waals surface area contributed by atoms with Crippen molar-refractivity contribution in [1.82, 2.24) is 5.01 Å². The van der Waals surface area contributed by atoms with Crippen molar-refractivity contribution in [2.24, 2.45) is 5.10 Å². The Hall–Kier alpha value is -1.01. The molecule has 0 saturated carbocycles. The van der Waals surface area contributed by atoms with E-state index in [0.717, 1.165) is 5.71 Å². The highest BCUT2D eigenvalue weighted by atomic mass is 15.4. The first kappa shape index (κ1) is 5.13. The van der Waals surface area contributed by atoms with Gasteiger partial charge in [0.1, 0.15) is 0 Å². The SMILES string of the molecule is CC1=NN(C)C=C=C1. The summed E-state index contributed by atoms with van der Waals surface area (Å²) in [6.07, 6.45) is 3.63. The summed E-state index contributed by atoms with van der Waals surface area (Å²) in [6, 6.07) is 0. The lowest BCUT2D eigenvalue weighted by atomic mass is 10.4. The third-order valence-corrected chi connectivity index (χ3v) is 0.869. The zero-order valence-corrected chi connectivity index (χ0v) is 5.05. The van der Waals surface area contributed by atoms with Gasteiger partial charge in [-0.1, -0.05) is 5.73 Å². The Labute approximate surface area is 48.8 Å². The summed E-state index contributed by atoms with van der Waals surface area (Å²) in [5, 5.41) is 5.79. The normalized spacial score (nSPS) is 16.8. The van der Waals surface area contributed by atoms with Crippen LogP contribution in [0.1, 0.15) is 6.92 Å². The van der Waals surface area contributed by atoms with Crippen LogP contribution in [0.15, 0.2) is 23.1 Å². The molecule has 2 heteroatoms. The molecule has 1 aliphatic rings. The average Bonchev–Trinajstić information content (AvgIpc) is 1.64. The van der Waals surface area contributed by atoms with E-state index in [1.165, 1.54) is 0 Å². The van der Waals surface area contributed by atoms with Crippen molar-refractivity contribution in [2.45, 2.75) is 6.92 Å². The van der Waals surface area contributed by atoms with E-state index in [1.807, 2.05) is 20.0 Å². The minimum atomic E-state index is 0.995. The molecule has 0 amide bonds. The molecule has 1 heterocycles. The van der Waals surface area contributed by atoms with Gasteiger partial charge in [0.15, 0.2) is 0 Å². The molecule has 0 radical (unpaired) electrons. The molecule has 0 aromatic carbocycles. The van der Waals surface area contributed by atoms with Gasteiger partial charge in [0, 0.05) is 13.1 Å². The molecule has 8 heavy (non-hydrogen) atoms. The smallest absolute Gasteiger partial charge is 0.0656 e. The Kier molecular flexibility index (Phi) is 1.18. The van der Waals surface area contributed by atoms with Crippen LogP contribution >= 0.6 is 0 Å². The Balaban J connectivity index is 2.86. The second-order valence-electron chi connectivity index (χ2n) is 1.76. The van der Waals surface area contributed by atoms with Crippen LogP contribution in [0.25, 0.3) is 0 Å². The molecule has 0 bridgehead atoms. The van der Waals surface area contributed by atoms with E-state index in [-0.39, 0.29) is 0 Å². The van der Waals surface area contributed by atoms with Crippen molar-refractivity contribution in [3.8, 4) is 0 Å². The first-order chi connectivity index (χ1) is 3.79. The van der Waals surface area contributed by atoms with Gasteiger partial charge in [-0.15, -0.1) is 0 Å². The lowest BCUT2D eigenvalue weighted by Crippen LogP contribution is -2.05. The van der Waals surface area contributed by atoms with Crippen molar-refractivity contribution >= 4 is 5.71 Å². The van der Waals surface area contributed by atoms with E-state index >= 15 is 0 Å². The highest BCUT2D eigenvalue weighted by Crippen LogP contribution is 1.92. The summed E-state index contributed by atoms with van der Waals surface area (Å²) in [4.78, 5) is 0. The fourth-order valence-corrected chi connectivity index (χ4v) is 0.572. The molecule has 0 aromatic heterocycles. The van der Waals surface area contributed by atoms with Crippen LogP contribution in [0.4, 0.5) is 0 Å². The number of hydrogen-bond donors (Lipinski definition) is 0. The highest BCUT2D eigenvalue weighted by Gasteiger charge is 1.89. The van der Waals surface area contributed by atoms with Gasteiger partial charge < -0.3 is 0 Å². The number of allylic oxidation sites excluding steroid dienone is 1. The zero-order chi connectivity index (χ0) is 5.98. The van der Waals surface area contributed by atoms with Crippen molar-refractivity contribution in [3.05, 3.63) is 18.0 Å². The van der Waals surface area contributed by atoms with Gasteiger partial charge in [-0.05, 0) is 6.92 Å². The molecule has 0 saturated heterocycles. The third kappa shape index (κ3) is 0.983. The molecule has 0 spiro atoms. The number of hydrogen-bond acceptors (Lipinski definition) is 2. The van der Waals surface area contributed by atoms with Gasteiger partial charge in [-0.25, -0.2) is 0 Å². The molecule has 2 nitrogen and oxygen atoms in total. The highest BCUT2D eigenvalue weighted by molar-refractivity contribution is 5.92. The van der Waals surface area contributed by atoms with Gasteiger partial charge in [0.25, 0.3) is 0 Å². The fourth-order valence-electron chi connectivity index (χ4n) is 0.572. The maximum absolute atomic E-state index is 4.06. The van der Waals surface area contributed by atoms with Crippen LogP contribution in [0.5, 0.6) is 0 Å². The molecule has 0 aromatic rings. The maximum Gasteiger partial charge on any atom is 0.0656 e. The van der Waals surface area contributed by atoms with Gasteiger partial charge in [0.2, 0.25) is 0 Å². The van der Waals surface area contributed by atoms with Gasteiger partial charge in [-0.2, -0.15) is 5.10 Å². The maximum atomic E-state index is 4.06. The predicted molar refractivity (Wildman–Crippen MR) is 33.5 cm³/mol. The summed E-state index contributed by atoms with van der Waals surface area (Å²) >= 11 is 0. The zero-order valence-electron chi connectivity index (χ0n) is 5.05. The van der Waals surface area contributed by atoms with Crippen molar-refractivity contribution < 1.29 is 0 Å². The Morgan fingerprint density at radius 3 is 2.88 bits per heavy atom. The van der Waals surface area contributed by atoms with E-state index in [2.05, 4.69) is 10.8 Å². The third-order valence-electron chi connectivity index (χ3n) is 0.869. The molecule has 0 N–H and O–H groups in total. The van der Waals surface area contributed by atoms with Crippen molar-refractivity contribution in [1.29, 1.82) is 0 Å². The van der Waals surface area contributed by atoms with Gasteiger partial charge >= 0.3 is 0 Å². The van der Waals surface area contributed by atoms with Crippen molar-refractivity contribution in [2.75, 3.05) is 7.05 Å². The first-order valence-corrected chi connectivity index (χ1v) is 2.50. The monoisotopic (exact) mass is 108 g/mol. The molecular formula is C6H8N2. The van der Waals surface area contributed by atoms with Crippen LogP contribution in [0.2, 0.25) is 0 Å². The summed E-state index contributed by atoms with van der Waals surface area (Å²) < 4.78 is 0. The van der Waals surface area contributed by atoms with E-state index in [0.29, 0.717) is 0 Å². The Morgan fingerprint density at radius 2 is 2.50 bits per heavy atom. The molecule has 0 fully saturated rings. The van der Waals surface area contributed by atoms with Gasteiger partial charge in [-0.3, -0.25) is 5.01 Å². The van der Waals surface area contributed by atoms with Crippen LogP contribution in [0.3, 0.4) is 0 Å². The van der Waals surface area contributed by atoms with Crippen LogP contribution < -0.4 is 0 Å². The molecule has 0 unspecified atom stereocenters. The number of nitrogens with zero attached hydrogens (tertiary/aromatic N) is 2. The topological polar surface area (TPSA) is 15.6 Å². The molecule has 1 aliphatic heterocycles. The lowest BCUT2D eigenvalue weighted by Gasteiger charge is -2.06. The summed E-state index contributed by atoms with van der Waals surface area (Å²) in [5.41, 5.74) is 3.92. The van der Waals surface area contributed by atoms with Gasteiger partial charge in [0.05, 0.1) is 11.9 Å². The van der Waals surface area contributed by atoms with E-state index in [4.69, 9.17) is 0 Å². The summed E-state index contributed by atoms with van der Waals surface area (Å²) in [5.74, 6) is 0. The standard InChI is InChI=1S/C6H8N2/c1-6-4-3-5-8(2)7-6/h4-5H,1-2H3. The van der Waals surface area contributed by atoms with Crippen LogP contribution in [-0.4, -0.2) is 17.8 Å². The minimum Gasteiger partial charge on any atom is -0.268 e. The molecule has 0 aliphatic carbocycles. The summed E-state index contributed by atoms with van der Waals surface area (Å²) in [7, 11) is 1.88. The molecule has 42 valence electrons. The molecule has 1 rings (SSSR count). The van der Waals surface area contributed by atoms with E-state index < -0.39 is 0 Å². The van der Waals surface area contributed by atoms with Crippen LogP contribution in [0, 0.1) is 0 Å². The first-order valence-electron chi connectivity index (χ1n) is 2.50. The summed E-state index contributed by atoms with van der Waals surface area (Å²) in [6.45, 7) is 1.94. The van der Waals surface area contributed by atoms with E-state index in [9.17, 15) is 0 Å². The molecule has 0 atom stereocenters. The fraction of sp³-hybridized carbons (Fsp3) is 0.333. The Bertz CT molecular complexity index is 173. The second-order valence-corrected chi connectivity index (χ2v) is 1.76. The van der Waals surface area contributed by atoms with E-state index in [1.54, 1.807) is 11.2 Å². The Morgan fingerprint density at radius 1 is 1.75 bits per heavy atom. The largest absolute Gasteiger partial charge is 0.268 e.